The number of aromatic nitrogens is 3. The summed E-state index contributed by atoms with van der Waals surface area (Å²) in [5.74, 6) is 3.87. The molecular weight excluding hydrogens is 220 g/mol. The Kier molecular flexibility index (Phi) is 2.29. The number of hydrogen-bond donors (Lipinski definition) is 0. The van der Waals surface area contributed by atoms with Crippen LogP contribution in [-0.4, -0.2) is 26.1 Å². The van der Waals surface area contributed by atoms with Gasteiger partial charge in [0.1, 0.15) is 5.82 Å². The van der Waals surface area contributed by atoms with E-state index in [-0.39, 0.29) is 0 Å². The van der Waals surface area contributed by atoms with Gasteiger partial charge in [0.15, 0.2) is 5.65 Å². The number of nitrogens with zero attached hydrogens (tertiary/aromatic N) is 4. The molecule has 1 unspecified atom stereocenters. The first-order valence-corrected chi connectivity index (χ1v) is 6.36. The van der Waals surface area contributed by atoms with Crippen LogP contribution in [0.1, 0.15) is 23.7 Å². The summed E-state index contributed by atoms with van der Waals surface area (Å²) in [5.41, 5.74) is 1.40. The lowest BCUT2D eigenvalue weighted by atomic mass is 10.1. The summed E-state index contributed by atoms with van der Waals surface area (Å²) in [6.07, 6.45) is 3.07. The first-order valence-electron chi connectivity index (χ1n) is 5.21. The van der Waals surface area contributed by atoms with Gasteiger partial charge in [-0.2, -0.15) is 17.0 Å². The molecule has 80 valence electrons. The third kappa shape index (κ3) is 1.46. The van der Waals surface area contributed by atoms with Crippen LogP contribution in [0, 0.1) is 11.3 Å². The molecule has 0 aromatic carbocycles. The van der Waals surface area contributed by atoms with Crippen LogP contribution in [0.5, 0.6) is 0 Å². The molecule has 5 heteroatoms. The van der Waals surface area contributed by atoms with Crippen LogP contribution in [-0.2, 0) is 0 Å². The fraction of sp³-hybridized carbons (Fsp3) is 0.364. The Morgan fingerprint density at radius 3 is 3.19 bits per heavy atom. The van der Waals surface area contributed by atoms with E-state index in [2.05, 4.69) is 16.3 Å². The Bertz CT molecular complexity index is 563. The van der Waals surface area contributed by atoms with Gasteiger partial charge in [0, 0.05) is 23.9 Å². The van der Waals surface area contributed by atoms with Gasteiger partial charge in [0.2, 0.25) is 0 Å². The molecule has 2 aromatic rings. The third-order valence-electron chi connectivity index (χ3n) is 2.86. The SMILES string of the molecule is N#Cc1ccn2c(C3CCSC3)nnc2c1. The van der Waals surface area contributed by atoms with Crippen molar-refractivity contribution in [3.05, 3.63) is 29.7 Å². The minimum absolute atomic E-state index is 0.507. The molecule has 0 bridgehead atoms. The van der Waals surface area contributed by atoms with Crippen molar-refractivity contribution >= 4 is 17.4 Å². The summed E-state index contributed by atoms with van der Waals surface area (Å²) in [5, 5.41) is 17.2. The summed E-state index contributed by atoms with van der Waals surface area (Å²) < 4.78 is 2.00. The number of rotatable bonds is 1. The Hall–Kier alpha value is -1.54. The predicted molar refractivity (Wildman–Crippen MR) is 62.4 cm³/mol. The van der Waals surface area contributed by atoms with E-state index >= 15 is 0 Å². The van der Waals surface area contributed by atoms with Gasteiger partial charge in [-0.05, 0) is 18.2 Å². The van der Waals surface area contributed by atoms with E-state index in [1.54, 1.807) is 6.07 Å². The molecule has 4 nitrogen and oxygen atoms in total. The van der Waals surface area contributed by atoms with Gasteiger partial charge in [0.25, 0.3) is 0 Å². The van der Waals surface area contributed by atoms with Crippen molar-refractivity contribution in [3.8, 4) is 6.07 Å². The smallest absolute Gasteiger partial charge is 0.162 e. The fourth-order valence-corrected chi connectivity index (χ4v) is 3.21. The Labute approximate surface area is 97.3 Å². The minimum Gasteiger partial charge on any atom is -0.286 e. The summed E-state index contributed by atoms with van der Waals surface area (Å²) in [6.45, 7) is 0. The van der Waals surface area contributed by atoms with E-state index in [0.717, 1.165) is 17.2 Å². The average Bonchev–Trinajstić information content (AvgIpc) is 2.96. The normalized spacial score (nSPS) is 20.1. The maximum Gasteiger partial charge on any atom is 0.162 e. The lowest BCUT2D eigenvalue weighted by molar-refractivity contribution is 0.705. The topological polar surface area (TPSA) is 54.0 Å². The molecule has 1 aliphatic heterocycles. The first kappa shape index (κ1) is 9.67. The number of thioether (sulfide) groups is 1. The van der Waals surface area contributed by atoms with Crippen molar-refractivity contribution in [2.75, 3.05) is 11.5 Å². The fourth-order valence-electron chi connectivity index (χ4n) is 2.00. The van der Waals surface area contributed by atoms with Crippen molar-refractivity contribution in [3.63, 3.8) is 0 Å². The lowest BCUT2D eigenvalue weighted by Gasteiger charge is -2.05. The molecule has 0 spiro atoms. The Balaban J connectivity index is 2.10. The van der Waals surface area contributed by atoms with Crippen LogP contribution in [0.2, 0.25) is 0 Å². The number of hydrogen-bond acceptors (Lipinski definition) is 4. The second kappa shape index (κ2) is 3.80. The monoisotopic (exact) mass is 230 g/mol. The Morgan fingerprint density at radius 2 is 2.44 bits per heavy atom. The second-order valence-electron chi connectivity index (χ2n) is 3.87. The van der Waals surface area contributed by atoms with Crippen LogP contribution in [0.25, 0.3) is 5.65 Å². The van der Waals surface area contributed by atoms with Gasteiger partial charge in [-0.15, -0.1) is 10.2 Å². The molecule has 1 atom stereocenters. The highest BCUT2D eigenvalue weighted by Gasteiger charge is 2.22. The highest BCUT2D eigenvalue weighted by Crippen LogP contribution is 2.31. The number of nitriles is 1. The van der Waals surface area contributed by atoms with Gasteiger partial charge in [-0.3, -0.25) is 4.40 Å². The van der Waals surface area contributed by atoms with E-state index in [0.29, 0.717) is 11.5 Å². The standard InChI is InChI=1S/C11H10N4S/c12-6-8-1-3-15-10(5-8)13-14-11(15)9-2-4-16-7-9/h1,3,5,9H,2,4,7H2. The van der Waals surface area contributed by atoms with E-state index in [4.69, 9.17) is 5.26 Å². The minimum atomic E-state index is 0.507. The molecule has 0 aliphatic carbocycles. The molecule has 0 saturated carbocycles. The van der Waals surface area contributed by atoms with Crippen molar-refractivity contribution in [2.24, 2.45) is 0 Å². The van der Waals surface area contributed by atoms with Crippen LogP contribution in [0.15, 0.2) is 18.3 Å². The summed E-state index contributed by atoms with van der Waals surface area (Å²) in [7, 11) is 0. The molecule has 1 saturated heterocycles. The highest BCUT2D eigenvalue weighted by atomic mass is 32.2. The second-order valence-corrected chi connectivity index (χ2v) is 5.02. The average molecular weight is 230 g/mol. The first-order chi connectivity index (χ1) is 7.88. The van der Waals surface area contributed by atoms with Crippen LogP contribution in [0.4, 0.5) is 0 Å². The van der Waals surface area contributed by atoms with Crippen LogP contribution in [0.3, 0.4) is 0 Å². The van der Waals surface area contributed by atoms with Crippen molar-refractivity contribution in [1.29, 1.82) is 5.26 Å². The number of fused-ring (bicyclic) bond motifs is 1. The highest BCUT2D eigenvalue weighted by molar-refractivity contribution is 7.99. The molecule has 2 aromatic heterocycles. The Morgan fingerprint density at radius 1 is 1.50 bits per heavy atom. The molecule has 1 fully saturated rings. The third-order valence-corrected chi connectivity index (χ3v) is 4.02. The van der Waals surface area contributed by atoms with Gasteiger partial charge >= 0.3 is 0 Å². The van der Waals surface area contributed by atoms with Crippen molar-refractivity contribution in [1.82, 2.24) is 14.6 Å². The maximum absolute atomic E-state index is 8.80. The molecule has 3 rings (SSSR count). The molecule has 16 heavy (non-hydrogen) atoms. The lowest BCUT2D eigenvalue weighted by Crippen LogP contribution is -2.02. The zero-order valence-electron chi connectivity index (χ0n) is 8.63. The van der Waals surface area contributed by atoms with Crippen molar-refractivity contribution < 1.29 is 0 Å². The zero-order chi connectivity index (χ0) is 11.0. The molecule has 0 N–H and O–H groups in total. The maximum atomic E-state index is 8.80. The zero-order valence-corrected chi connectivity index (χ0v) is 9.44. The van der Waals surface area contributed by atoms with Crippen LogP contribution < -0.4 is 0 Å². The molecule has 0 amide bonds. The molecule has 0 radical (unpaired) electrons. The molecular formula is C11H10N4S. The van der Waals surface area contributed by atoms with Crippen molar-refractivity contribution in [2.45, 2.75) is 12.3 Å². The summed E-state index contributed by atoms with van der Waals surface area (Å²) in [6, 6.07) is 5.70. The molecule has 3 heterocycles. The number of pyridine rings is 1. The van der Waals surface area contributed by atoms with Gasteiger partial charge < -0.3 is 0 Å². The predicted octanol–water partition coefficient (Wildman–Crippen LogP) is 1.82. The summed E-state index contributed by atoms with van der Waals surface area (Å²) in [4.78, 5) is 0. The van der Waals surface area contributed by atoms with E-state index in [9.17, 15) is 0 Å². The van der Waals surface area contributed by atoms with E-state index < -0.39 is 0 Å². The molecule has 1 aliphatic rings. The largest absolute Gasteiger partial charge is 0.286 e. The van der Waals surface area contributed by atoms with E-state index in [1.165, 1.54) is 12.2 Å². The van der Waals surface area contributed by atoms with Gasteiger partial charge in [-0.1, -0.05) is 0 Å². The quantitative estimate of drug-likeness (QED) is 0.750. The van der Waals surface area contributed by atoms with Crippen LogP contribution >= 0.6 is 11.8 Å². The van der Waals surface area contributed by atoms with Gasteiger partial charge in [0.05, 0.1) is 11.6 Å². The summed E-state index contributed by atoms with van der Waals surface area (Å²) >= 11 is 1.96. The van der Waals surface area contributed by atoms with Gasteiger partial charge in [-0.25, -0.2) is 0 Å². The van der Waals surface area contributed by atoms with E-state index in [1.807, 2.05) is 28.4 Å².